The van der Waals surface area contributed by atoms with Crippen LogP contribution in [0.15, 0.2) is 77.9 Å². The molecule has 0 radical (unpaired) electrons. The van der Waals surface area contributed by atoms with E-state index in [0.717, 1.165) is 25.0 Å². The van der Waals surface area contributed by atoms with Crippen molar-refractivity contribution in [2.24, 2.45) is 0 Å². The molecule has 0 atom stereocenters. The zero-order valence-electron chi connectivity index (χ0n) is 15.5. The van der Waals surface area contributed by atoms with Crippen LogP contribution in [0, 0.1) is 3.57 Å². The molecule has 2 aromatic carbocycles. The van der Waals surface area contributed by atoms with Crippen LogP contribution in [0.1, 0.15) is 44.2 Å². The normalized spacial score (nSPS) is 14.7. The van der Waals surface area contributed by atoms with Gasteiger partial charge < -0.3 is 4.74 Å². The molecule has 1 aliphatic rings. The molecule has 0 amide bonds. The Balaban J connectivity index is 2.15. The van der Waals surface area contributed by atoms with Gasteiger partial charge in [-0.3, -0.25) is 0 Å². The van der Waals surface area contributed by atoms with Crippen molar-refractivity contribution in [3.63, 3.8) is 0 Å². The highest BCUT2D eigenvalue weighted by molar-refractivity contribution is 14.1. The van der Waals surface area contributed by atoms with Gasteiger partial charge in [0, 0.05) is 3.57 Å². The molecule has 0 N–H and O–H groups in total. The molecule has 0 heterocycles. The topological polar surface area (TPSA) is 9.23 Å². The quantitative estimate of drug-likeness (QED) is 0.419. The lowest BCUT2D eigenvalue weighted by Gasteiger charge is -2.19. The number of hydrogen-bond acceptors (Lipinski definition) is 1. The van der Waals surface area contributed by atoms with Crippen molar-refractivity contribution in [2.45, 2.75) is 33.1 Å². The first kappa shape index (κ1) is 19.0. The molecule has 2 heteroatoms. The zero-order chi connectivity index (χ0) is 18.4. The molecule has 0 unspecified atom stereocenters. The highest BCUT2D eigenvalue weighted by atomic mass is 127. The second-order valence-corrected chi connectivity index (χ2v) is 7.56. The lowest BCUT2D eigenvalue weighted by molar-refractivity contribution is 0.340. The summed E-state index contributed by atoms with van der Waals surface area (Å²) < 4.78 is 6.88. The van der Waals surface area contributed by atoms with E-state index < -0.39 is 0 Å². The van der Waals surface area contributed by atoms with Crippen LogP contribution in [-0.4, -0.2) is 6.61 Å². The summed E-state index contributed by atoms with van der Waals surface area (Å²) in [6, 6.07) is 17.3. The van der Waals surface area contributed by atoms with Crippen LogP contribution in [0.3, 0.4) is 0 Å². The lowest BCUT2D eigenvalue weighted by atomic mass is 9.86. The zero-order valence-corrected chi connectivity index (χ0v) is 17.6. The smallest absolute Gasteiger partial charge is 0.119 e. The fourth-order valence-corrected chi connectivity index (χ4v) is 3.74. The molecule has 0 saturated carbocycles. The maximum atomic E-state index is 5.63. The summed E-state index contributed by atoms with van der Waals surface area (Å²) in [6.45, 7) is 4.96. The van der Waals surface area contributed by atoms with E-state index in [9.17, 15) is 0 Å². The Hall–Kier alpha value is -1.81. The molecule has 1 nitrogen and oxygen atoms in total. The molecule has 0 saturated heterocycles. The number of halogens is 1. The van der Waals surface area contributed by atoms with E-state index >= 15 is 0 Å². The van der Waals surface area contributed by atoms with Crippen LogP contribution in [-0.2, 0) is 0 Å². The Kier molecular flexibility index (Phi) is 6.73. The van der Waals surface area contributed by atoms with Gasteiger partial charge in [-0.15, -0.1) is 0 Å². The van der Waals surface area contributed by atoms with Gasteiger partial charge in [-0.1, -0.05) is 49.4 Å². The summed E-state index contributed by atoms with van der Waals surface area (Å²) >= 11 is 2.36. The van der Waals surface area contributed by atoms with Crippen molar-refractivity contribution < 1.29 is 4.74 Å². The number of ether oxygens (including phenoxy) is 1. The molecule has 0 aliphatic heterocycles. The Bertz CT molecular complexity index is 824. The fourth-order valence-electron chi connectivity index (χ4n) is 3.38. The second kappa shape index (κ2) is 9.22. The highest BCUT2D eigenvalue weighted by Crippen LogP contribution is 2.35. The highest BCUT2D eigenvalue weighted by Gasteiger charge is 2.14. The SMILES string of the molecule is CCOc1ccc(/C(=C(/CC)C2=CCCC=C2)c2ccc(I)cc2)cc1. The van der Waals surface area contributed by atoms with Gasteiger partial charge in [0.05, 0.1) is 6.61 Å². The van der Waals surface area contributed by atoms with Crippen LogP contribution in [0.4, 0.5) is 0 Å². The lowest BCUT2D eigenvalue weighted by Crippen LogP contribution is -1.99. The molecule has 0 aromatic heterocycles. The predicted octanol–water partition coefficient (Wildman–Crippen LogP) is 7.18. The third-order valence-corrected chi connectivity index (χ3v) is 5.30. The molecule has 26 heavy (non-hydrogen) atoms. The number of allylic oxidation sites excluding steroid dienone is 5. The van der Waals surface area contributed by atoms with Gasteiger partial charge in [-0.2, -0.15) is 0 Å². The van der Waals surface area contributed by atoms with Crippen molar-refractivity contribution in [1.82, 2.24) is 0 Å². The monoisotopic (exact) mass is 456 g/mol. The Morgan fingerprint density at radius 2 is 1.58 bits per heavy atom. The Morgan fingerprint density at radius 1 is 0.923 bits per heavy atom. The molecule has 134 valence electrons. The molecule has 0 bridgehead atoms. The van der Waals surface area contributed by atoms with Crippen molar-refractivity contribution in [2.75, 3.05) is 6.61 Å². The minimum Gasteiger partial charge on any atom is -0.494 e. The van der Waals surface area contributed by atoms with Crippen LogP contribution in [0.25, 0.3) is 5.57 Å². The minimum absolute atomic E-state index is 0.692. The third kappa shape index (κ3) is 4.47. The average Bonchev–Trinajstić information content (AvgIpc) is 2.69. The minimum atomic E-state index is 0.692. The van der Waals surface area contributed by atoms with Gasteiger partial charge in [0.15, 0.2) is 0 Å². The fraction of sp³-hybridized carbons (Fsp3) is 0.250. The van der Waals surface area contributed by atoms with Crippen molar-refractivity contribution in [3.05, 3.63) is 92.6 Å². The van der Waals surface area contributed by atoms with Gasteiger partial charge in [0.1, 0.15) is 5.75 Å². The maximum Gasteiger partial charge on any atom is 0.119 e. The van der Waals surface area contributed by atoms with E-state index in [1.54, 1.807) is 0 Å². The van der Waals surface area contributed by atoms with Gasteiger partial charge in [0.25, 0.3) is 0 Å². The van der Waals surface area contributed by atoms with Crippen molar-refractivity contribution >= 4 is 28.2 Å². The molecule has 3 rings (SSSR count). The predicted molar refractivity (Wildman–Crippen MR) is 120 cm³/mol. The van der Waals surface area contributed by atoms with Crippen molar-refractivity contribution in [1.29, 1.82) is 0 Å². The van der Waals surface area contributed by atoms with Crippen LogP contribution >= 0.6 is 22.6 Å². The molecule has 0 spiro atoms. The van der Waals surface area contributed by atoms with Gasteiger partial charge in [0.2, 0.25) is 0 Å². The third-order valence-electron chi connectivity index (χ3n) is 4.59. The Morgan fingerprint density at radius 3 is 2.12 bits per heavy atom. The summed E-state index contributed by atoms with van der Waals surface area (Å²) in [5.74, 6) is 0.924. The number of benzene rings is 2. The summed E-state index contributed by atoms with van der Waals surface area (Å²) in [6.07, 6.45) is 10.2. The van der Waals surface area contributed by atoms with Crippen molar-refractivity contribution in [3.8, 4) is 5.75 Å². The van der Waals surface area contributed by atoms with Gasteiger partial charge in [-0.05, 0) is 101 Å². The summed E-state index contributed by atoms with van der Waals surface area (Å²) in [4.78, 5) is 0. The molecule has 0 fully saturated rings. The Labute approximate surface area is 170 Å². The van der Waals surface area contributed by atoms with E-state index in [0.29, 0.717) is 6.61 Å². The summed E-state index contributed by atoms with van der Waals surface area (Å²) in [5.41, 5.74) is 6.61. The largest absolute Gasteiger partial charge is 0.494 e. The standard InChI is InChI=1S/C24H25IO/c1-3-23(18-8-6-5-7-9-18)24(19-10-14-21(25)15-11-19)20-12-16-22(17-13-20)26-4-2/h6,8-17H,3-5,7H2,1-2H3/b24-23-. The summed E-state index contributed by atoms with van der Waals surface area (Å²) in [7, 11) is 0. The van der Waals surface area contributed by atoms with Crippen LogP contribution in [0.2, 0.25) is 0 Å². The number of rotatable bonds is 6. The molecule has 2 aromatic rings. The van der Waals surface area contributed by atoms with Gasteiger partial charge in [-0.25, -0.2) is 0 Å². The first-order chi connectivity index (χ1) is 12.7. The first-order valence-corrected chi connectivity index (χ1v) is 10.4. The first-order valence-electron chi connectivity index (χ1n) is 9.32. The molecule has 1 aliphatic carbocycles. The van der Waals surface area contributed by atoms with Crippen LogP contribution in [0.5, 0.6) is 5.75 Å². The average molecular weight is 456 g/mol. The second-order valence-electron chi connectivity index (χ2n) is 6.31. The van der Waals surface area contributed by atoms with E-state index in [1.165, 1.54) is 31.4 Å². The molecular weight excluding hydrogens is 431 g/mol. The summed E-state index contributed by atoms with van der Waals surface area (Å²) in [5, 5.41) is 0. The molecular formula is C24H25IO. The number of hydrogen-bond donors (Lipinski definition) is 0. The van der Waals surface area contributed by atoms with Gasteiger partial charge >= 0.3 is 0 Å². The van der Waals surface area contributed by atoms with E-state index in [4.69, 9.17) is 4.74 Å². The maximum absolute atomic E-state index is 5.63. The van der Waals surface area contributed by atoms with E-state index in [2.05, 4.69) is 96.3 Å². The van der Waals surface area contributed by atoms with E-state index in [-0.39, 0.29) is 0 Å². The van der Waals surface area contributed by atoms with E-state index in [1.807, 2.05) is 6.92 Å². The van der Waals surface area contributed by atoms with Crippen LogP contribution < -0.4 is 4.74 Å².